The minimum atomic E-state index is -1.03. The molecule has 0 saturated heterocycles. The predicted molar refractivity (Wildman–Crippen MR) is 51.9 cm³/mol. The van der Waals surface area contributed by atoms with E-state index in [4.69, 9.17) is 10.8 Å². The Hall–Kier alpha value is -1.30. The molecule has 0 saturated carbocycles. The van der Waals surface area contributed by atoms with E-state index in [-0.39, 0.29) is 0 Å². The molecule has 0 aliphatic heterocycles. The molecule has 0 aliphatic carbocycles. The molecule has 0 fully saturated rings. The van der Waals surface area contributed by atoms with Crippen molar-refractivity contribution in [1.82, 2.24) is 10.6 Å². The van der Waals surface area contributed by atoms with Crippen LogP contribution in [0.1, 0.15) is 19.8 Å². The van der Waals surface area contributed by atoms with E-state index in [0.29, 0.717) is 25.9 Å². The van der Waals surface area contributed by atoms with Gasteiger partial charge >= 0.3 is 12.0 Å². The zero-order valence-electron chi connectivity index (χ0n) is 8.25. The third kappa shape index (κ3) is 5.36. The summed E-state index contributed by atoms with van der Waals surface area (Å²) < 4.78 is 0. The molecule has 0 heterocycles. The Morgan fingerprint density at radius 2 is 2.14 bits per heavy atom. The fraction of sp³-hybridized carbons (Fsp3) is 0.750. The van der Waals surface area contributed by atoms with Crippen LogP contribution in [0.3, 0.4) is 0 Å². The van der Waals surface area contributed by atoms with Crippen LogP contribution in [0.5, 0.6) is 0 Å². The normalized spacial score (nSPS) is 11.9. The van der Waals surface area contributed by atoms with E-state index in [9.17, 15) is 9.59 Å². The molecule has 0 spiro atoms. The van der Waals surface area contributed by atoms with E-state index < -0.39 is 18.0 Å². The Morgan fingerprint density at radius 3 is 2.57 bits per heavy atom. The van der Waals surface area contributed by atoms with E-state index in [1.807, 2.05) is 0 Å². The minimum Gasteiger partial charge on any atom is -0.480 e. The molecule has 6 nitrogen and oxygen atoms in total. The molecule has 2 amide bonds. The van der Waals surface area contributed by atoms with Crippen LogP contribution in [0.4, 0.5) is 4.79 Å². The second-order valence-electron chi connectivity index (χ2n) is 2.84. The molecule has 82 valence electrons. The number of carbonyl (C=O) groups excluding carboxylic acids is 1. The number of hydrogen-bond donors (Lipinski definition) is 4. The largest absolute Gasteiger partial charge is 0.480 e. The summed E-state index contributed by atoms with van der Waals surface area (Å²) >= 11 is 0. The zero-order valence-corrected chi connectivity index (χ0v) is 8.25. The number of carboxylic acid groups (broad SMARTS) is 1. The summed E-state index contributed by atoms with van der Waals surface area (Å²) in [5.74, 6) is -1.03. The quantitative estimate of drug-likeness (QED) is 0.437. The SMILES string of the molecule is CC[C@@H](NC(=O)NCCCN)C(=O)O. The van der Waals surface area contributed by atoms with E-state index >= 15 is 0 Å². The highest BCUT2D eigenvalue weighted by Crippen LogP contribution is 1.89. The second-order valence-corrected chi connectivity index (χ2v) is 2.84. The van der Waals surface area contributed by atoms with Crippen LogP contribution in [-0.2, 0) is 4.79 Å². The minimum absolute atomic E-state index is 0.361. The van der Waals surface area contributed by atoms with Crippen LogP contribution < -0.4 is 16.4 Å². The number of carbonyl (C=O) groups is 2. The van der Waals surface area contributed by atoms with Crippen molar-refractivity contribution in [3.05, 3.63) is 0 Å². The molecule has 1 atom stereocenters. The highest BCUT2D eigenvalue weighted by atomic mass is 16.4. The fourth-order valence-electron chi connectivity index (χ4n) is 0.852. The molecule has 0 rings (SSSR count). The summed E-state index contributed by atoms with van der Waals surface area (Å²) in [5, 5.41) is 13.5. The highest BCUT2D eigenvalue weighted by Gasteiger charge is 2.16. The number of amides is 2. The molecule has 5 N–H and O–H groups in total. The van der Waals surface area contributed by atoms with Gasteiger partial charge in [0.05, 0.1) is 0 Å². The Labute approximate surface area is 82.9 Å². The van der Waals surface area contributed by atoms with Gasteiger partial charge in [-0.2, -0.15) is 0 Å². The monoisotopic (exact) mass is 203 g/mol. The second kappa shape index (κ2) is 7.14. The number of nitrogens with two attached hydrogens (primary N) is 1. The molecule has 0 aromatic carbocycles. The highest BCUT2D eigenvalue weighted by molar-refractivity contribution is 5.82. The first-order chi connectivity index (χ1) is 6.61. The van der Waals surface area contributed by atoms with E-state index in [0.717, 1.165) is 0 Å². The predicted octanol–water partition coefficient (Wildman–Crippen LogP) is -0.502. The summed E-state index contributed by atoms with van der Waals surface area (Å²) in [5.41, 5.74) is 5.22. The van der Waals surface area contributed by atoms with Crippen molar-refractivity contribution in [2.45, 2.75) is 25.8 Å². The Bertz CT molecular complexity index is 196. The standard InChI is InChI=1S/C8H17N3O3/c1-2-6(7(12)13)11-8(14)10-5-3-4-9/h6H,2-5,9H2,1H3,(H,12,13)(H2,10,11,14)/t6-/m1/s1. The van der Waals surface area contributed by atoms with Gasteiger partial charge in [-0.3, -0.25) is 0 Å². The third-order valence-electron chi connectivity index (χ3n) is 1.68. The summed E-state index contributed by atoms with van der Waals surface area (Å²) in [6, 6.07) is -1.29. The Kier molecular flexibility index (Phi) is 6.47. The van der Waals surface area contributed by atoms with Crippen LogP contribution in [0.2, 0.25) is 0 Å². The molecule has 0 aliphatic rings. The number of rotatable bonds is 6. The van der Waals surface area contributed by atoms with Gasteiger partial charge < -0.3 is 21.5 Å². The summed E-state index contributed by atoms with van der Waals surface area (Å²) in [6.45, 7) is 2.65. The first-order valence-electron chi connectivity index (χ1n) is 4.59. The van der Waals surface area contributed by atoms with Crippen molar-refractivity contribution >= 4 is 12.0 Å². The fourth-order valence-corrected chi connectivity index (χ4v) is 0.852. The molecule has 0 aromatic heterocycles. The average Bonchev–Trinajstić information content (AvgIpc) is 2.14. The molecule has 0 unspecified atom stereocenters. The van der Waals surface area contributed by atoms with Crippen molar-refractivity contribution < 1.29 is 14.7 Å². The third-order valence-corrected chi connectivity index (χ3v) is 1.68. The zero-order chi connectivity index (χ0) is 11.0. The van der Waals surface area contributed by atoms with Gasteiger partial charge in [-0.05, 0) is 19.4 Å². The molecule has 6 heteroatoms. The van der Waals surface area contributed by atoms with Gasteiger partial charge in [0, 0.05) is 6.54 Å². The van der Waals surface area contributed by atoms with Crippen molar-refractivity contribution in [2.75, 3.05) is 13.1 Å². The average molecular weight is 203 g/mol. The van der Waals surface area contributed by atoms with Gasteiger partial charge in [0.25, 0.3) is 0 Å². The van der Waals surface area contributed by atoms with Crippen molar-refractivity contribution in [2.24, 2.45) is 5.73 Å². The van der Waals surface area contributed by atoms with Crippen LogP contribution in [0.15, 0.2) is 0 Å². The van der Waals surface area contributed by atoms with Crippen LogP contribution >= 0.6 is 0 Å². The van der Waals surface area contributed by atoms with Gasteiger partial charge in [0.15, 0.2) is 0 Å². The Balaban J connectivity index is 3.74. The van der Waals surface area contributed by atoms with E-state index in [1.165, 1.54) is 0 Å². The van der Waals surface area contributed by atoms with Crippen molar-refractivity contribution in [1.29, 1.82) is 0 Å². The molecule has 0 radical (unpaired) electrons. The summed E-state index contributed by atoms with van der Waals surface area (Å²) in [4.78, 5) is 21.6. The summed E-state index contributed by atoms with van der Waals surface area (Å²) in [7, 11) is 0. The topological polar surface area (TPSA) is 104 Å². The smallest absolute Gasteiger partial charge is 0.326 e. The van der Waals surface area contributed by atoms with Crippen molar-refractivity contribution in [3.63, 3.8) is 0 Å². The molecule has 0 aromatic rings. The van der Waals surface area contributed by atoms with Crippen molar-refractivity contribution in [3.8, 4) is 0 Å². The number of hydrogen-bond acceptors (Lipinski definition) is 3. The number of carboxylic acids is 1. The van der Waals surface area contributed by atoms with Crippen LogP contribution in [0, 0.1) is 0 Å². The molecular formula is C8H17N3O3. The van der Waals surface area contributed by atoms with Gasteiger partial charge in [-0.1, -0.05) is 6.92 Å². The van der Waals surface area contributed by atoms with Gasteiger partial charge in [0.1, 0.15) is 6.04 Å². The molecular weight excluding hydrogens is 186 g/mol. The molecule has 0 bridgehead atoms. The number of urea groups is 1. The maximum Gasteiger partial charge on any atom is 0.326 e. The number of nitrogens with one attached hydrogen (secondary N) is 2. The maximum absolute atomic E-state index is 11.1. The maximum atomic E-state index is 11.1. The first kappa shape index (κ1) is 12.7. The van der Waals surface area contributed by atoms with Crippen LogP contribution in [-0.4, -0.2) is 36.2 Å². The lowest BCUT2D eigenvalue weighted by Crippen LogP contribution is -2.46. The Morgan fingerprint density at radius 1 is 1.50 bits per heavy atom. The van der Waals surface area contributed by atoms with Gasteiger partial charge in [-0.15, -0.1) is 0 Å². The lowest BCUT2D eigenvalue weighted by atomic mass is 10.2. The number of aliphatic carboxylic acids is 1. The summed E-state index contributed by atoms with van der Waals surface area (Å²) in [6.07, 6.45) is 1.04. The van der Waals surface area contributed by atoms with Gasteiger partial charge in [0.2, 0.25) is 0 Å². The van der Waals surface area contributed by atoms with E-state index in [2.05, 4.69) is 10.6 Å². The first-order valence-corrected chi connectivity index (χ1v) is 4.59. The van der Waals surface area contributed by atoms with Crippen LogP contribution in [0.25, 0.3) is 0 Å². The van der Waals surface area contributed by atoms with Gasteiger partial charge in [-0.25, -0.2) is 9.59 Å². The van der Waals surface area contributed by atoms with E-state index in [1.54, 1.807) is 6.92 Å². The lowest BCUT2D eigenvalue weighted by Gasteiger charge is -2.12. The lowest BCUT2D eigenvalue weighted by molar-refractivity contribution is -0.139. The molecule has 14 heavy (non-hydrogen) atoms.